The van der Waals surface area contributed by atoms with Gasteiger partial charge in [-0.05, 0) is 55.1 Å². The minimum Gasteiger partial charge on any atom is -0.326 e. The first-order valence-electron chi connectivity index (χ1n) is 7.20. The fourth-order valence-corrected chi connectivity index (χ4v) is 4.57. The van der Waals surface area contributed by atoms with E-state index in [-0.39, 0.29) is 17.5 Å². The molecular formula is C15H16N2O3. The summed E-state index contributed by atoms with van der Waals surface area (Å²) >= 11 is 0. The first-order chi connectivity index (χ1) is 9.65. The first-order valence-corrected chi connectivity index (χ1v) is 7.20. The van der Waals surface area contributed by atoms with Crippen molar-refractivity contribution in [1.82, 2.24) is 0 Å². The van der Waals surface area contributed by atoms with Crippen molar-refractivity contribution in [2.75, 3.05) is 5.32 Å². The number of fused-ring (bicyclic) bond motifs is 5. The number of nitrogens with zero attached hydrogens (tertiary/aromatic N) is 1. The number of benzene rings is 1. The molecule has 0 heterocycles. The van der Waals surface area contributed by atoms with Gasteiger partial charge >= 0.3 is 0 Å². The Hall–Kier alpha value is -1.91. The number of anilines is 1. The third-order valence-corrected chi connectivity index (χ3v) is 5.38. The van der Waals surface area contributed by atoms with Gasteiger partial charge in [-0.3, -0.25) is 14.9 Å². The maximum Gasteiger partial charge on any atom is 0.269 e. The van der Waals surface area contributed by atoms with Gasteiger partial charge in [0.1, 0.15) is 0 Å². The van der Waals surface area contributed by atoms with Crippen molar-refractivity contribution in [3.8, 4) is 0 Å². The van der Waals surface area contributed by atoms with Gasteiger partial charge in [-0.2, -0.15) is 0 Å². The topological polar surface area (TPSA) is 72.2 Å². The quantitative estimate of drug-likeness (QED) is 0.679. The maximum atomic E-state index is 12.3. The van der Waals surface area contributed by atoms with Crippen LogP contribution in [0.1, 0.15) is 19.3 Å². The molecule has 5 atom stereocenters. The zero-order valence-electron chi connectivity index (χ0n) is 11.0. The molecule has 4 rings (SSSR count). The number of nitro groups is 1. The number of hydrogen-bond donors (Lipinski definition) is 1. The number of rotatable bonds is 3. The highest BCUT2D eigenvalue weighted by Gasteiger charge is 2.67. The Kier molecular flexibility index (Phi) is 2.40. The van der Waals surface area contributed by atoms with Gasteiger partial charge in [-0.15, -0.1) is 0 Å². The molecule has 0 saturated heterocycles. The molecule has 5 heteroatoms. The van der Waals surface area contributed by atoms with Crippen LogP contribution in [-0.2, 0) is 4.79 Å². The Morgan fingerprint density at radius 3 is 2.30 bits per heavy atom. The number of non-ortho nitro benzene ring substituents is 1. The molecule has 1 unspecified atom stereocenters. The normalized spacial score (nSPS) is 36.5. The number of carbonyl (C=O) groups is 1. The van der Waals surface area contributed by atoms with Crippen molar-refractivity contribution in [2.45, 2.75) is 19.3 Å². The van der Waals surface area contributed by atoms with Gasteiger partial charge in [-0.25, -0.2) is 0 Å². The lowest BCUT2D eigenvalue weighted by Gasteiger charge is -2.09. The Balaban J connectivity index is 1.42. The molecule has 1 N–H and O–H groups in total. The van der Waals surface area contributed by atoms with E-state index in [0.29, 0.717) is 17.5 Å². The Labute approximate surface area is 116 Å². The summed E-state index contributed by atoms with van der Waals surface area (Å²) in [5.74, 6) is 3.08. The molecule has 3 aliphatic rings. The summed E-state index contributed by atoms with van der Waals surface area (Å²) in [7, 11) is 0. The van der Waals surface area contributed by atoms with Gasteiger partial charge in [-0.1, -0.05) is 0 Å². The van der Waals surface area contributed by atoms with Crippen LogP contribution in [0.3, 0.4) is 0 Å². The minimum absolute atomic E-state index is 0.0457. The predicted molar refractivity (Wildman–Crippen MR) is 73.0 cm³/mol. The van der Waals surface area contributed by atoms with E-state index < -0.39 is 4.92 Å². The second kappa shape index (κ2) is 4.04. The Bertz CT molecular complexity index is 567. The number of carbonyl (C=O) groups excluding carboxylic acids is 1. The summed E-state index contributed by atoms with van der Waals surface area (Å²) in [5, 5.41) is 13.5. The SMILES string of the molecule is O=C(Nc1ccc([N+](=O)[O-])cc1)C1[C@@H]2[C@H]3CC[C@@H](C3)[C@H]12. The first kappa shape index (κ1) is 11.9. The fraction of sp³-hybridized carbons (Fsp3) is 0.533. The summed E-state index contributed by atoms with van der Waals surface area (Å²) in [6.07, 6.45) is 3.93. The van der Waals surface area contributed by atoms with E-state index in [2.05, 4.69) is 5.32 Å². The highest BCUT2D eigenvalue weighted by atomic mass is 16.6. The lowest BCUT2D eigenvalue weighted by Crippen LogP contribution is -2.18. The van der Waals surface area contributed by atoms with Crippen LogP contribution >= 0.6 is 0 Å². The van der Waals surface area contributed by atoms with Gasteiger partial charge in [0.15, 0.2) is 0 Å². The molecule has 5 nitrogen and oxygen atoms in total. The standard InChI is InChI=1S/C15H16N2O3/c18-15(14-12-8-1-2-9(7-8)13(12)14)16-10-3-5-11(6-4-10)17(19)20/h3-6,8-9,12-14H,1-2,7H2,(H,16,18)/t8-,9-,12-,13+,14?/m0/s1. The van der Waals surface area contributed by atoms with E-state index in [1.54, 1.807) is 12.1 Å². The Morgan fingerprint density at radius 1 is 1.15 bits per heavy atom. The van der Waals surface area contributed by atoms with Crippen molar-refractivity contribution in [2.24, 2.45) is 29.6 Å². The van der Waals surface area contributed by atoms with Crippen molar-refractivity contribution < 1.29 is 9.72 Å². The average molecular weight is 272 g/mol. The van der Waals surface area contributed by atoms with Crippen LogP contribution in [0.2, 0.25) is 0 Å². The molecule has 3 aliphatic carbocycles. The largest absolute Gasteiger partial charge is 0.326 e. The van der Waals surface area contributed by atoms with Crippen LogP contribution in [0, 0.1) is 39.7 Å². The molecule has 0 radical (unpaired) electrons. The molecule has 3 saturated carbocycles. The molecule has 0 aliphatic heterocycles. The monoisotopic (exact) mass is 272 g/mol. The highest BCUT2D eigenvalue weighted by Crippen LogP contribution is 2.69. The van der Waals surface area contributed by atoms with Crippen LogP contribution in [0.25, 0.3) is 0 Å². The molecule has 104 valence electrons. The van der Waals surface area contributed by atoms with E-state index in [9.17, 15) is 14.9 Å². The molecule has 0 spiro atoms. The van der Waals surface area contributed by atoms with Gasteiger partial charge in [0.2, 0.25) is 5.91 Å². The lowest BCUT2D eigenvalue weighted by atomic mass is 10.0. The number of nitrogens with one attached hydrogen (secondary N) is 1. The van der Waals surface area contributed by atoms with Gasteiger partial charge < -0.3 is 5.32 Å². The molecule has 3 fully saturated rings. The second-order valence-corrected chi connectivity index (χ2v) is 6.31. The van der Waals surface area contributed by atoms with Gasteiger partial charge in [0.05, 0.1) is 4.92 Å². The van der Waals surface area contributed by atoms with Gasteiger partial charge in [0.25, 0.3) is 5.69 Å². The zero-order chi connectivity index (χ0) is 13.9. The van der Waals surface area contributed by atoms with Crippen LogP contribution in [-0.4, -0.2) is 10.8 Å². The smallest absolute Gasteiger partial charge is 0.269 e. The van der Waals surface area contributed by atoms with Crippen molar-refractivity contribution in [3.63, 3.8) is 0 Å². The molecule has 1 amide bonds. The van der Waals surface area contributed by atoms with E-state index in [1.165, 1.54) is 31.4 Å². The van der Waals surface area contributed by atoms with Crippen molar-refractivity contribution >= 4 is 17.3 Å². The van der Waals surface area contributed by atoms with E-state index in [1.807, 2.05) is 0 Å². The fourth-order valence-electron chi connectivity index (χ4n) is 4.57. The highest BCUT2D eigenvalue weighted by molar-refractivity contribution is 5.95. The third kappa shape index (κ3) is 1.65. The Morgan fingerprint density at radius 2 is 1.75 bits per heavy atom. The molecule has 20 heavy (non-hydrogen) atoms. The van der Waals surface area contributed by atoms with Crippen LogP contribution in [0.5, 0.6) is 0 Å². The lowest BCUT2D eigenvalue weighted by molar-refractivity contribution is -0.384. The number of nitro benzene ring substituents is 1. The predicted octanol–water partition coefficient (Wildman–Crippen LogP) is 2.83. The summed E-state index contributed by atoms with van der Waals surface area (Å²) < 4.78 is 0. The average Bonchev–Trinajstić information content (AvgIpc) is 2.89. The summed E-state index contributed by atoms with van der Waals surface area (Å²) in [6, 6.07) is 6.05. The molecular weight excluding hydrogens is 256 g/mol. The molecule has 0 aromatic heterocycles. The zero-order valence-corrected chi connectivity index (χ0v) is 11.0. The summed E-state index contributed by atoms with van der Waals surface area (Å²) in [5.41, 5.74) is 0.697. The van der Waals surface area contributed by atoms with E-state index in [4.69, 9.17) is 0 Å². The van der Waals surface area contributed by atoms with E-state index >= 15 is 0 Å². The molecule has 1 aromatic carbocycles. The van der Waals surface area contributed by atoms with Crippen molar-refractivity contribution in [1.29, 1.82) is 0 Å². The van der Waals surface area contributed by atoms with Gasteiger partial charge in [0, 0.05) is 23.7 Å². The van der Waals surface area contributed by atoms with E-state index in [0.717, 1.165) is 11.8 Å². The van der Waals surface area contributed by atoms with Crippen LogP contribution in [0.4, 0.5) is 11.4 Å². The molecule has 2 bridgehead atoms. The van der Waals surface area contributed by atoms with Crippen LogP contribution in [0.15, 0.2) is 24.3 Å². The maximum absolute atomic E-state index is 12.3. The summed E-state index contributed by atoms with van der Waals surface area (Å²) in [4.78, 5) is 22.4. The van der Waals surface area contributed by atoms with Crippen molar-refractivity contribution in [3.05, 3.63) is 34.4 Å². The second-order valence-electron chi connectivity index (χ2n) is 6.31. The third-order valence-electron chi connectivity index (χ3n) is 5.38. The number of amides is 1. The molecule has 1 aromatic rings. The minimum atomic E-state index is -0.436. The summed E-state index contributed by atoms with van der Waals surface area (Å²) in [6.45, 7) is 0. The number of hydrogen-bond acceptors (Lipinski definition) is 3. The van der Waals surface area contributed by atoms with Crippen LogP contribution < -0.4 is 5.32 Å².